The lowest BCUT2D eigenvalue weighted by atomic mass is 9.98. The van der Waals surface area contributed by atoms with Gasteiger partial charge in [0.05, 0.1) is 11.4 Å². The van der Waals surface area contributed by atoms with Crippen LogP contribution in [0, 0.1) is 11.8 Å². The summed E-state index contributed by atoms with van der Waals surface area (Å²) < 4.78 is 4.83. The summed E-state index contributed by atoms with van der Waals surface area (Å²) in [5, 5.41) is 0. The van der Waals surface area contributed by atoms with Gasteiger partial charge in [0.25, 0.3) is 0 Å². The molecule has 0 radical (unpaired) electrons. The Labute approximate surface area is 86.0 Å². The van der Waals surface area contributed by atoms with Gasteiger partial charge >= 0.3 is 5.97 Å². The van der Waals surface area contributed by atoms with Gasteiger partial charge in [0.1, 0.15) is 5.92 Å². The molecule has 0 aliphatic heterocycles. The molecule has 0 spiro atoms. The van der Waals surface area contributed by atoms with Crippen molar-refractivity contribution in [3.05, 3.63) is 0 Å². The van der Waals surface area contributed by atoms with E-state index in [-0.39, 0.29) is 22.5 Å². The van der Waals surface area contributed by atoms with Crippen LogP contribution in [0.1, 0.15) is 20.3 Å². The highest BCUT2D eigenvalue weighted by Gasteiger charge is 2.43. The highest BCUT2D eigenvalue weighted by Crippen LogP contribution is 2.33. The minimum atomic E-state index is -0.552. The van der Waals surface area contributed by atoms with E-state index >= 15 is 0 Å². The Morgan fingerprint density at radius 1 is 1.69 bits per heavy atom. The van der Waals surface area contributed by atoms with E-state index in [1.54, 1.807) is 6.92 Å². The monoisotopic (exact) mass is 248 g/mol. The van der Waals surface area contributed by atoms with Gasteiger partial charge < -0.3 is 4.74 Å². The highest BCUT2D eigenvalue weighted by molar-refractivity contribution is 9.10. The molecule has 0 amide bonds. The molecule has 4 heteroatoms. The van der Waals surface area contributed by atoms with Crippen molar-refractivity contribution in [3.8, 4) is 0 Å². The first-order chi connectivity index (χ1) is 6.07. The summed E-state index contributed by atoms with van der Waals surface area (Å²) >= 11 is 3.25. The Bertz CT molecular complexity index is 227. The van der Waals surface area contributed by atoms with E-state index in [9.17, 15) is 9.59 Å². The van der Waals surface area contributed by atoms with Crippen LogP contribution in [0.3, 0.4) is 0 Å². The third-order valence-electron chi connectivity index (χ3n) is 2.30. The number of carbonyl (C=O) groups excluding carboxylic acids is 2. The van der Waals surface area contributed by atoms with Gasteiger partial charge in [-0.05, 0) is 19.3 Å². The Morgan fingerprint density at radius 2 is 2.31 bits per heavy atom. The largest absolute Gasteiger partial charge is 0.465 e. The van der Waals surface area contributed by atoms with Gasteiger partial charge in [-0.3, -0.25) is 9.59 Å². The Kier molecular flexibility index (Phi) is 3.47. The number of carbonyl (C=O) groups is 2. The number of esters is 1. The van der Waals surface area contributed by atoms with Crippen LogP contribution in [0.25, 0.3) is 0 Å². The first-order valence-electron chi connectivity index (χ1n) is 4.42. The average molecular weight is 249 g/mol. The van der Waals surface area contributed by atoms with E-state index in [1.165, 1.54) is 0 Å². The molecule has 0 aromatic heterocycles. The quantitative estimate of drug-likeness (QED) is 0.423. The maximum atomic E-state index is 11.5. The van der Waals surface area contributed by atoms with Crippen molar-refractivity contribution in [2.45, 2.75) is 25.1 Å². The number of hydrogen-bond donors (Lipinski definition) is 0. The fraction of sp³-hybridized carbons (Fsp3) is 0.778. The molecule has 1 fully saturated rings. The second-order valence-corrected chi connectivity index (χ2v) is 4.42. The highest BCUT2D eigenvalue weighted by atomic mass is 79.9. The van der Waals surface area contributed by atoms with Crippen molar-refractivity contribution >= 4 is 27.7 Å². The van der Waals surface area contributed by atoms with Crippen molar-refractivity contribution in [1.29, 1.82) is 0 Å². The van der Waals surface area contributed by atoms with Crippen LogP contribution >= 0.6 is 15.9 Å². The standard InChI is InChI=1S/C9H13BrO3/c1-3-13-9(12)7-5(2)4-6(10)8(7)11/h5-7H,3-4H2,1-2H3. The molecule has 1 aliphatic rings. The Balaban J connectivity index is 2.68. The number of rotatable bonds is 2. The smallest absolute Gasteiger partial charge is 0.316 e. The number of ether oxygens (including phenoxy) is 1. The first-order valence-corrected chi connectivity index (χ1v) is 5.34. The van der Waals surface area contributed by atoms with Gasteiger partial charge in [-0.15, -0.1) is 0 Å². The van der Waals surface area contributed by atoms with E-state index in [0.29, 0.717) is 6.61 Å². The summed E-state index contributed by atoms with van der Waals surface area (Å²) in [7, 11) is 0. The summed E-state index contributed by atoms with van der Waals surface area (Å²) in [5.41, 5.74) is 0. The van der Waals surface area contributed by atoms with Crippen LogP contribution < -0.4 is 0 Å². The van der Waals surface area contributed by atoms with Gasteiger partial charge in [0, 0.05) is 0 Å². The van der Waals surface area contributed by atoms with Crippen LogP contribution in [-0.4, -0.2) is 23.2 Å². The maximum absolute atomic E-state index is 11.5. The molecule has 1 aliphatic carbocycles. The topological polar surface area (TPSA) is 43.4 Å². The second kappa shape index (κ2) is 4.22. The fourth-order valence-corrected chi connectivity index (χ4v) is 2.51. The summed E-state index contributed by atoms with van der Waals surface area (Å²) in [5.74, 6) is -0.867. The molecule has 3 unspecified atom stereocenters. The third-order valence-corrected chi connectivity index (χ3v) is 3.13. The van der Waals surface area contributed by atoms with Gasteiger partial charge in [0.2, 0.25) is 0 Å². The zero-order chi connectivity index (χ0) is 10.0. The van der Waals surface area contributed by atoms with Gasteiger partial charge in [-0.2, -0.15) is 0 Å². The zero-order valence-electron chi connectivity index (χ0n) is 7.75. The van der Waals surface area contributed by atoms with Gasteiger partial charge in [-0.25, -0.2) is 0 Å². The van der Waals surface area contributed by atoms with Crippen LogP contribution in [0.2, 0.25) is 0 Å². The number of halogens is 1. The molecule has 0 bridgehead atoms. The molecule has 1 saturated carbocycles. The van der Waals surface area contributed by atoms with E-state index in [0.717, 1.165) is 6.42 Å². The number of alkyl halides is 1. The Hall–Kier alpha value is -0.380. The van der Waals surface area contributed by atoms with Crippen molar-refractivity contribution in [1.82, 2.24) is 0 Å². The number of Topliss-reactive ketones (excluding diaryl/α,β-unsaturated/α-hetero) is 1. The van der Waals surface area contributed by atoms with E-state index in [4.69, 9.17) is 4.74 Å². The maximum Gasteiger partial charge on any atom is 0.316 e. The van der Waals surface area contributed by atoms with Crippen LogP contribution in [0.15, 0.2) is 0 Å². The number of hydrogen-bond acceptors (Lipinski definition) is 3. The van der Waals surface area contributed by atoms with E-state index < -0.39 is 5.92 Å². The average Bonchev–Trinajstić information content (AvgIpc) is 2.27. The molecule has 0 aromatic rings. The molecular weight excluding hydrogens is 236 g/mol. The van der Waals surface area contributed by atoms with Gasteiger partial charge in [0.15, 0.2) is 5.78 Å². The van der Waals surface area contributed by atoms with Crippen LogP contribution in [0.5, 0.6) is 0 Å². The second-order valence-electron chi connectivity index (χ2n) is 3.31. The van der Waals surface area contributed by atoms with E-state index in [2.05, 4.69) is 15.9 Å². The lowest BCUT2D eigenvalue weighted by molar-refractivity contribution is -0.151. The molecule has 13 heavy (non-hydrogen) atoms. The minimum Gasteiger partial charge on any atom is -0.465 e. The fourth-order valence-electron chi connectivity index (χ4n) is 1.63. The molecule has 3 atom stereocenters. The molecule has 0 heterocycles. The lowest BCUT2D eigenvalue weighted by Gasteiger charge is -2.11. The van der Waals surface area contributed by atoms with Crippen LogP contribution in [0.4, 0.5) is 0 Å². The SMILES string of the molecule is CCOC(=O)C1C(=O)C(Br)CC1C. The van der Waals surface area contributed by atoms with Crippen molar-refractivity contribution in [3.63, 3.8) is 0 Å². The molecule has 1 rings (SSSR count). The summed E-state index contributed by atoms with van der Waals surface area (Å²) in [4.78, 5) is 22.7. The zero-order valence-corrected chi connectivity index (χ0v) is 9.33. The van der Waals surface area contributed by atoms with Crippen molar-refractivity contribution in [2.24, 2.45) is 11.8 Å². The Morgan fingerprint density at radius 3 is 2.69 bits per heavy atom. The molecule has 0 aromatic carbocycles. The summed E-state index contributed by atoms with van der Waals surface area (Å²) in [6.07, 6.45) is 0.725. The third kappa shape index (κ3) is 2.10. The predicted molar refractivity (Wildman–Crippen MR) is 51.6 cm³/mol. The first kappa shape index (κ1) is 10.7. The summed E-state index contributed by atoms with van der Waals surface area (Å²) in [6, 6.07) is 0. The van der Waals surface area contributed by atoms with Crippen LogP contribution in [-0.2, 0) is 14.3 Å². The molecule has 0 saturated heterocycles. The normalized spacial score (nSPS) is 33.5. The molecule has 0 N–H and O–H groups in total. The molecule has 74 valence electrons. The lowest BCUT2D eigenvalue weighted by Crippen LogP contribution is -2.27. The van der Waals surface area contributed by atoms with Crippen molar-refractivity contribution in [2.75, 3.05) is 6.61 Å². The number of ketones is 1. The minimum absolute atomic E-state index is 0.0362. The molecule has 3 nitrogen and oxygen atoms in total. The molecular formula is C9H13BrO3. The predicted octanol–water partition coefficient (Wildman–Crippen LogP) is 1.54. The van der Waals surface area contributed by atoms with Crippen molar-refractivity contribution < 1.29 is 14.3 Å². The summed E-state index contributed by atoms with van der Waals surface area (Å²) in [6.45, 7) is 3.98. The van der Waals surface area contributed by atoms with Gasteiger partial charge in [-0.1, -0.05) is 22.9 Å². The van der Waals surface area contributed by atoms with E-state index in [1.807, 2.05) is 6.92 Å².